The number of nitrogens with zero attached hydrogens (tertiary/aromatic N) is 4. The van der Waals surface area contributed by atoms with Crippen molar-refractivity contribution in [3.05, 3.63) is 191 Å². The molecule has 4 aromatic carbocycles. The second kappa shape index (κ2) is 21.9. The molecule has 0 bridgehead atoms. The molecule has 0 N–H and O–H groups in total. The van der Waals surface area contributed by atoms with Gasteiger partial charge in [0.25, 0.3) is 0 Å². The van der Waals surface area contributed by atoms with Gasteiger partial charge in [-0.3, -0.25) is 27.2 Å². The number of aliphatic imine (C=N–C) groups is 2. The lowest BCUT2D eigenvalue weighted by molar-refractivity contribution is 0.398. The summed E-state index contributed by atoms with van der Waals surface area (Å²) in [6.07, 6.45) is 30.4. The molecule has 0 radical (unpaired) electrons. The summed E-state index contributed by atoms with van der Waals surface area (Å²) in [5.41, 5.74) is 14.7. The van der Waals surface area contributed by atoms with E-state index in [0.717, 1.165) is 68.0 Å². The summed E-state index contributed by atoms with van der Waals surface area (Å²) in [5.74, 6) is 0. The van der Waals surface area contributed by atoms with Crippen LogP contribution in [0.25, 0.3) is 44.5 Å². The van der Waals surface area contributed by atoms with Crippen molar-refractivity contribution in [3.8, 4) is 33.4 Å². The van der Waals surface area contributed by atoms with Crippen molar-refractivity contribution in [2.24, 2.45) is 9.98 Å². The number of fused-ring (bicyclic) bond motifs is 3. The lowest BCUT2D eigenvalue weighted by Gasteiger charge is -2.33. The van der Waals surface area contributed by atoms with Crippen LogP contribution in [0, 0.1) is 0 Å². The molecule has 6 aromatic rings. The predicted octanol–water partition coefficient (Wildman–Crippen LogP) is 16.7. The van der Waals surface area contributed by atoms with Crippen LogP contribution < -0.4 is 0 Å². The van der Waals surface area contributed by atoms with E-state index in [2.05, 4.69) is 84.5 Å². The lowest BCUT2D eigenvalue weighted by Crippen LogP contribution is -2.25. The quantitative estimate of drug-likeness (QED) is 0.0369. The van der Waals surface area contributed by atoms with Gasteiger partial charge in [-0.05, 0) is 142 Å². The van der Waals surface area contributed by atoms with E-state index in [0.29, 0.717) is 33.9 Å². The minimum atomic E-state index is -2.67. The zero-order chi connectivity index (χ0) is 47.7. The third kappa shape index (κ3) is 10.0. The van der Waals surface area contributed by atoms with E-state index in [1.807, 2.05) is 48.6 Å². The summed E-state index contributed by atoms with van der Waals surface area (Å²) in [6, 6.07) is 37.4. The average Bonchev–Trinajstić information content (AvgIpc) is 4.25. The molecule has 0 unspecified atom stereocenters. The number of halogens is 4. The molecule has 0 atom stereocenters. The first-order chi connectivity index (χ1) is 33.8. The van der Waals surface area contributed by atoms with Crippen molar-refractivity contribution in [1.82, 2.24) is 8.96 Å². The summed E-state index contributed by atoms with van der Waals surface area (Å²) in [7, 11) is -5.35. The molecular formula is C59H60B2F4N4. The van der Waals surface area contributed by atoms with E-state index in [1.54, 1.807) is 36.7 Å². The molecule has 69 heavy (non-hydrogen) atoms. The Morgan fingerprint density at radius 1 is 0.478 bits per heavy atom. The summed E-state index contributed by atoms with van der Waals surface area (Å²) < 4.78 is 58.8. The van der Waals surface area contributed by atoms with Crippen molar-refractivity contribution in [2.45, 2.75) is 109 Å². The van der Waals surface area contributed by atoms with Gasteiger partial charge in [-0.25, -0.2) is 0 Å². The van der Waals surface area contributed by atoms with E-state index >= 15 is 0 Å². The molecule has 1 aliphatic carbocycles. The lowest BCUT2D eigenvalue weighted by atomic mass is 9.70. The van der Waals surface area contributed by atoms with Gasteiger partial charge in [0.1, 0.15) is 0 Å². The van der Waals surface area contributed by atoms with Crippen molar-refractivity contribution < 1.29 is 17.3 Å². The summed E-state index contributed by atoms with van der Waals surface area (Å²) in [4.78, 5) is 9.07. The van der Waals surface area contributed by atoms with Gasteiger partial charge >= 0.3 is 14.8 Å². The monoisotopic (exact) mass is 922 g/mol. The maximum atomic E-state index is 14.2. The van der Waals surface area contributed by atoms with Gasteiger partial charge in [-0.15, -0.1) is 0 Å². The fourth-order valence-corrected chi connectivity index (χ4v) is 10.9. The molecule has 2 aliphatic heterocycles. The molecule has 9 rings (SSSR count). The summed E-state index contributed by atoms with van der Waals surface area (Å²) >= 11 is 0. The van der Waals surface area contributed by atoms with E-state index in [4.69, 9.17) is 0 Å². The maximum Gasteiger partial charge on any atom is 0.677 e. The van der Waals surface area contributed by atoms with Gasteiger partial charge in [0.2, 0.25) is 0 Å². The molecule has 0 saturated carbocycles. The largest absolute Gasteiger partial charge is 0.677 e. The number of rotatable bonds is 22. The number of unbranched alkanes of at least 4 members (excludes halogenated alkanes) is 10. The number of hydrogen-bond donors (Lipinski definition) is 0. The van der Waals surface area contributed by atoms with Crippen LogP contribution in [0.2, 0.25) is 0 Å². The number of hydrogen-bond acceptors (Lipinski definition) is 2. The zero-order valence-corrected chi connectivity index (χ0v) is 39.9. The smallest absolute Gasteiger partial charge is 0.332 e. The third-order valence-electron chi connectivity index (χ3n) is 14.4. The van der Waals surface area contributed by atoms with Crippen molar-refractivity contribution >= 4 is 38.4 Å². The Balaban J connectivity index is 1.10. The Labute approximate surface area is 406 Å². The Bertz CT molecular complexity index is 2700. The zero-order valence-electron chi connectivity index (χ0n) is 39.9. The van der Waals surface area contributed by atoms with Gasteiger partial charge in [0.05, 0.1) is 11.4 Å². The fraction of sp³-hybridized carbons (Fsp3) is 0.288. The topological polar surface area (TPSA) is 34.6 Å². The average molecular weight is 923 g/mol. The highest BCUT2D eigenvalue weighted by Crippen LogP contribution is 2.56. The normalized spacial score (nSPS) is 15.6. The van der Waals surface area contributed by atoms with Crippen LogP contribution in [0.15, 0.2) is 167 Å². The number of aromatic nitrogens is 2. The van der Waals surface area contributed by atoms with Gasteiger partial charge in [-0.1, -0.05) is 164 Å². The first kappa shape index (κ1) is 47.6. The van der Waals surface area contributed by atoms with E-state index in [1.165, 1.54) is 98.9 Å². The first-order valence-electron chi connectivity index (χ1n) is 25.1. The van der Waals surface area contributed by atoms with Gasteiger partial charge in [0.15, 0.2) is 0 Å². The Kier molecular flexibility index (Phi) is 15.1. The summed E-state index contributed by atoms with van der Waals surface area (Å²) in [5, 5.41) is 0. The molecule has 4 heterocycles. The fourth-order valence-electron chi connectivity index (χ4n) is 10.9. The SMILES string of the molecule is CCCCCCCCC1(CCCCCCCC)c2cc(-c3ccc(/C(=C4\C=CC=N4)c4cccn4B(F)F)cc3)ccc2-c2ccc(-c3ccc(/C(=C4/C=CC=N4)c4cccn4B(F)F)cc3)cc21. The van der Waals surface area contributed by atoms with Crippen LogP contribution >= 0.6 is 0 Å². The Morgan fingerprint density at radius 3 is 1.25 bits per heavy atom. The second-order valence-electron chi connectivity index (χ2n) is 18.7. The highest BCUT2D eigenvalue weighted by atomic mass is 19.2. The number of allylic oxidation sites excluding steroid dienone is 4. The Morgan fingerprint density at radius 2 is 0.870 bits per heavy atom. The van der Waals surface area contributed by atoms with Crippen LogP contribution in [0.1, 0.15) is 137 Å². The van der Waals surface area contributed by atoms with Crippen LogP contribution in [0.4, 0.5) is 17.3 Å². The molecule has 350 valence electrons. The third-order valence-corrected chi connectivity index (χ3v) is 14.4. The van der Waals surface area contributed by atoms with Crippen molar-refractivity contribution in [2.75, 3.05) is 0 Å². The molecule has 0 saturated heterocycles. The number of benzene rings is 4. The van der Waals surface area contributed by atoms with Crippen molar-refractivity contribution in [1.29, 1.82) is 0 Å². The minimum Gasteiger partial charge on any atom is -0.332 e. The van der Waals surface area contributed by atoms with Crippen LogP contribution in [0.5, 0.6) is 0 Å². The van der Waals surface area contributed by atoms with Gasteiger partial charge in [-0.2, -0.15) is 0 Å². The first-order valence-corrected chi connectivity index (χ1v) is 25.1. The Hall–Kier alpha value is -6.41. The maximum absolute atomic E-state index is 14.2. The summed E-state index contributed by atoms with van der Waals surface area (Å²) in [6.45, 7) is 4.54. The van der Waals surface area contributed by atoms with E-state index < -0.39 is 14.8 Å². The molecule has 4 nitrogen and oxygen atoms in total. The molecule has 10 heteroatoms. The highest BCUT2D eigenvalue weighted by Gasteiger charge is 2.43. The molecule has 0 amide bonds. The predicted molar refractivity (Wildman–Crippen MR) is 282 cm³/mol. The molecule has 0 fully saturated rings. The van der Waals surface area contributed by atoms with Crippen LogP contribution in [0.3, 0.4) is 0 Å². The van der Waals surface area contributed by atoms with Crippen LogP contribution in [-0.2, 0) is 5.41 Å². The molecule has 0 spiro atoms. The van der Waals surface area contributed by atoms with E-state index in [9.17, 15) is 17.3 Å². The van der Waals surface area contributed by atoms with Crippen LogP contribution in [-0.4, -0.2) is 36.2 Å². The minimum absolute atomic E-state index is 0.192. The molecule has 2 aromatic heterocycles. The molecule has 3 aliphatic rings. The molecular weight excluding hydrogens is 862 g/mol. The van der Waals surface area contributed by atoms with E-state index in [-0.39, 0.29) is 5.41 Å². The van der Waals surface area contributed by atoms with Crippen molar-refractivity contribution in [3.63, 3.8) is 0 Å². The second-order valence-corrected chi connectivity index (χ2v) is 18.7. The highest BCUT2D eigenvalue weighted by molar-refractivity contribution is 6.41. The standard InChI is InChI=1S/C59H60B2F4N4/c1-3-5-7-9-11-13-35-59(36-14-12-10-8-6-4-2)51-41-47(43-23-27-45(28-24-43)57(53-19-15-37-66-53)55-21-17-39-68(55)60(62)63)31-33-49(51)50-34-32-48(42-52(50)59)44-25-29-46(30-26-44)58(54-20-16-38-67-54)56-22-18-40-69(56)61(64)65/h15-34,37-42H,3-14,35-36H2,1-2H3/b57-53-,58-54+. The van der Waals surface area contributed by atoms with Gasteiger partial charge in [0, 0.05) is 40.4 Å². The van der Waals surface area contributed by atoms with Gasteiger partial charge < -0.3 is 8.96 Å².